The van der Waals surface area contributed by atoms with Crippen molar-refractivity contribution in [2.24, 2.45) is 13.0 Å². The van der Waals surface area contributed by atoms with Crippen LogP contribution in [0.25, 0.3) is 22.3 Å². The number of nitrogens with one attached hydrogen (secondary N) is 2. The van der Waals surface area contributed by atoms with Crippen molar-refractivity contribution in [1.29, 1.82) is 0 Å². The second-order valence-electron chi connectivity index (χ2n) is 7.42. The Morgan fingerprint density at radius 1 is 1.27 bits per heavy atom. The van der Waals surface area contributed by atoms with E-state index in [1.165, 1.54) is 6.08 Å². The maximum absolute atomic E-state index is 11.8. The predicted molar refractivity (Wildman–Crippen MR) is 117 cm³/mol. The summed E-state index contributed by atoms with van der Waals surface area (Å²) in [5.74, 6) is 0.333. The number of ether oxygens (including phenoxy) is 1. The summed E-state index contributed by atoms with van der Waals surface area (Å²) in [7, 11) is 1.90. The Morgan fingerprint density at radius 2 is 2.13 bits per heavy atom. The van der Waals surface area contributed by atoms with Crippen LogP contribution in [0.4, 0.5) is 5.69 Å². The smallest absolute Gasteiger partial charge is 0.247 e. The molecule has 1 aromatic carbocycles. The predicted octanol–water partition coefficient (Wildman–Crippen LogP) is 3.01. The van der Waals surface area contributed by atoms with Gasteiger partial charge in [0, 0.05) is 61.5 Å². The standard InChI is InChI=1S/C23H25N5O2/c1-3-23(29)27-19-5-4-17(10-25-9-16-14-30-15-16)21(8-19)22-12-24-7-6-20(22)18-11-26-28(2)13-18/h3-8,11-13,16,25H,1,9-10,14-15H2,2H3,(H,27,29). The molecule has 0 radical (unpaired) electrons. The summed E-state index contributed by atoms with van der Waals surface area (Å²) in [4.78, 5) is 16.2. The molecule has 0 bridgehead atoms. The summed E-state index contributed by atoms with van der Waals surface area (Å²) >= 11 is 0. The Labute approximate surface area is 175 Å². The van der Waals surface area contributed by atoms with Crippen molar-refractivity contribution in [3.63, 3.8) is 0 Å². The van der Waals surface area contributed by atoms with Crippen LogP contribution < -0.4 is 10.6 Å². The van der Waals surface area contributed by atoms with Gasteiger partial charge in [0.2, 0.25) is 5.91 Å². The van der Waals surface area contributed by atoms with Crippen molar-refractivity contribution in [3.8, 4) is 22.3 Å². The zero-order chi connectivity index (χ0) is 20.9. The minimum atomic E-state index is -0.240. The number of nitrogens with zero attached hydrogens (tertiary/aromatic N) is 3. The summed E-state index contributed by atoms with van der Waals surface area (Å²) in [5.41, 5.74) is 5.90. The zero-order valence-corrected chi connectivity index (χ0v) is 17.0. The molecule has 1 aliphatic heterocycles. The Kier molecular flexibility index (Phi) is 6.02. The van der Waals surface area contributed by atoms with Gasteiger partial charge in [0.15, 0.2) is 0 Å². The first kappa shape index (κ1) is 20.0. The van der Waals surface area contributed by atoms with Crippen LogP contribution in [0.5, 0.6) is 0 Å². The molecule has 30 heavy (non-hydrogen) atoms. The van der Waals surface area contributed by atoms with Crippen molar-refractivity contribution in [2.45, 2.75) is 6.54 Å². The second kappa shape index (κ2) is 9.02. The highest BCUT2D eigenvalue weighted by Crippen LogP contribution is 2.34. The lowest BCUT2D eigenvalue weighted by Gasteiger charge is -2.26. The van der Waals surface area contributed by atoms with Gasteiger partial charge in [-0.15, -0.1) is 0 Å². The molecule has 4 rings (SSSR count). The minimum absolute atomic E-state index is 0.240. The van der Waals surface area contributed by atoms with Crippen LogP contribution in [0.3, 0.4) is 0 Å². The normalized spacial score (nSPS) is 13.6. The van der Waals surface area contributed by atoms with E-state index in [9.17, 15) is 4.79 Å². The lowest BCUT2D eigenvalue weighted by Crippen LogP contribution is -2.36. The number of anilines is 1. The Morgan fingerprint density at radius 3 is 2.83 bits per heavy atom. The molecule has 3 heterocycles. The first-order valence-electron chi connectivity index (χ1n) is 9.92. The largest absolute Gasteiger partial charge is 0.381 e. The van der Waals surface area contributed by atoms with Gasteiger partial charge in [-0.25, -0.2) is 0 Å². The van der Waals surface area contributed by atoms with Crippen LogP contribution in [-0.2, 0) is 23.1 Å². The molecule has 0 saturated carbocycles. The Hall–Kier alpha value is -3.29. The first-order chi connectivity index (χ1) is 14.6. The van der Waals surface area contributed by atoms with Crippen LogP contribution in [-0.4, -0.2) is 40.4 Å². The molecule has 1 amide bonds. The van der Waals surface area contributed by atoms with Gasteiger partial charge in [0.25, 0.3) is 0 Å². The number of rotatable bonds is 8. The first-order valence-corrected chi connectivity index (χ1v) is 9.92. The highest BCUT2D eigenvalue weighted by Gasteiger charge is 2.18. The quantitative estimate of drug-likeness (QED) is 0.565. The van der Waals surface area contributed by atoms with Crippen LogP contribution in [0.15, 0.2) is 61.7 Å². The van der Waals surface area contributed by atoms with E-state index in [1.54, 1.807) is 10.9 Å². The molecule has 154 valence electrons. The van der Waals surface area contributed by atoms with Crippen molar-refractivity contribution in [1.82, 2.24) is 20.1 Å². The molecule has 0 unspecified atom stereocenters. The molecule has 1 aliphatic rings. The van der Waals surface area contributed by atoms with Gasteiger partial charge in [-0.2, -0.15) is 5.10 Å². The van der Waals surface area contributed by atoms with Gasteiger partial charge in [0.05, 0.1) is 19.4 Å². The van der Waals surface area contributed by atoms with Crippen LogP contribution in [0.2, 0.25) is 0 Å². The number of amides is 1. The van der Waals surface area contributed by atoms with E-state index in [0.29, 0.717) is 18.2 Å². The highest BCUT2D eigenvalue weighted by atomic mass is 16.5. The molecule has 1 fully saturated rings. The number of benzene rings is 1. The molecule has 1 saturated heterocycles. The van der Waals surface area contributed by atoms with Crippen LogP contribution in [0.1, 0.15) is 5.56 Å². The van der Waals surface area contributed by atoms with Crippen molar-refractivity contribution >= 4 is 11.6 Å². The summed E-state index contributed by atoms with van der Waals surface area (Å²) in [6, 6.07) is 7.93. The molecule has 0 atom stereocenters. The maximum Gasteiger partial charge on any atom is 0.247 e. The summed E-state index contributed by atoms with van der Waals surface area (Å²) in [6.07, 6.45) is 8.73. The summed E-state index contributed by atoms with van der Waals surface area (Å²) in [6.45, 7) is 6.79. The lowest BCUT2D eigenvalue weighted by molar-refractivity contribution is -0.111. The molecule has 3 aromatic rings. The third-order valence-corrected chi connectivity index (χ3v) is 5.15. The zero-order valence-electron chi connectivity index (χ0n) is 17.0. The fraction of sp³-hybridized carbons (Fsp3) is 0.261. The number of carbonyl (C=O) groups is 1. The average molecular weight is 403 g/mol. The number of hydrogen-bond acceptors (Lipinski definition) is 5. The third-order valence-electron chi connectivity index (χ3n) is 5.15. The fourth-order valence-corrected chi connectivity index (χ4v) is 3.49. The van der Waals surface area contributed by atoms with Gasteiger partial charge >= 0.3 is 0 Å². The maximum atomic E-state index is 11.8. The van der Waals surface area contributed by atoms with Crippen LogP contribution in [0, 0.1) is 5.92 Å². The second-order valence-corrected chi connectivity index (χ2v) is 7.42. The van der Waals surface area contributed by atoms with E-state index in [2.05, 4.69) is 27.3 Å². The summed E-state index contributed by atoms with van der Waals surface area (Å²) in [5, 5.41) is 10.7. The van der Waals surface area contributed by atoms with Crippen molar-refractivity contribution < 1.29 is 9.53 Å². The lowest BCUT2D eigenvalue weighted by atomic mass is 9.94. The van der Waals surface area contributed by atoms with E-state index in [0.717, 1.165) is 47.6 Å². The van der Waals surface area contributed by atoms with E-state index < -0.39 is 0 Å². The fourth-order valence-electron chi connectivity index (χ4n) is 3.49. The van der Waals surface area contributed by atoms with Gasteiger partial charge < -0.3 is 15.4 Å². The molecule has 0 spiro atoms. The topological polar surface area (TPSA) is 81.1 Å². The van der Waals surface area contributed by atoms with Gasteiger partial charge in [-0.1, -0.05) is 12.6 Å². The molecule has 7 nitrogen and oxygen atoms in total. The van der Waals surface area contributed by atoms with Gasteiger partial charge in [-0.3, -0.25) is 14.5 Å². The SMILES string of the molecule is C=CC(=O)Nc1ccc(CNCC2COC2)c(-c2cnccc2-c2cnn(C)c2)c1. The third kappa shape index (κ3) is 4.48. The molecule has 2 N–H and O–H groups in total. The Balaban J connectivity index is 1.70. The molecule has 7 heteroatoms. The van der Waals surface area contributed by atoms with E-state index in [4.69, 9.17) is 4.74 Å². The number of aryl methyl sites for hydroxylation is 1. The van der Waals surface area contributed by atoms with Crippen molar-refractivity contribution in [3.05, 3.63) is 67.3 Å². The van der Waals surface area contributed by atoms with E-state index in [1.807, 2.05) is 49.9 Å². The number of hydrogen-bond donors (Lipinski definition) is 2. The Bertz CT molecular complexity index is 1060. The molecule has 0 aliphatic carbocycles. The minimum Gasteiger partial charge on any atom is -0.381 e. The summed E-state index contributed by atoms with van der Waals surface area (Å²) < 4.78 is 7.04. The number of aromatic nitrogens is 3. The van der Waals surface area contributed by atoms with Gasteiger partial charge in [0.1, 0.15) is 0 Å². The van der Waals surface area contributed by atoms with Gasteiger partial charge in [-0.05, 0) is 41.0 Å². The molecular weight excluding hydrogens is 378 g/mol. The highest BCUT2D eigenvalue weighted by molar-refractivity contribution is 5.99. The number of pyridine rings is 1. The monoisotopic (exact) mass is 403 g/mol. The average Bonchev–Trinajstić information content (AvgIpc) is 3.16. The molecule has 2 aromatic heterocycles. The van der Waals surface area contributed by atoms with Crippen LogP contribution >= 0.6 is 0 Å². The van der Waals surface area contributed by atoms with E-state index >= 15 is 0 Å². The number of carbonyl (C=O) groups excluding carboxylic acids is 1. The van der Waals surface area contributed by atoms with E-state index in [-0.39, 0.29) is 5.91 Å². The molecular formula is C23H25N5O2. The van der Waals surface area contributed by atoms with Crippen molar-refractivity contribution in [2.75, 3.05) is 25.1 Å².